The van der Waals surface area contributed by atoms with Gasteiger partial charge < -0.3 is 9.30 Å². The van der Waals surface area contributed by atoms with Crippen molar-refractivity contribution in [3.05, 3.63) is 66.1 Å². The lowest BCUT2D eigenvalue weighted by Gasteiger charge is -2.16. The van der Waals surface area contributed by atoms with Gasteiger partial charge in [-0.3, -0.25) is 4.79 Å². The molecule has 0 saturated heterocycles. The molecule has 1 fully saturated rings. The number of hydrogen-bond acceptors (Lipinski definition) is 5. The molecule has 7 nitrogen and oxygen atoms in total. The number of aryl methyl sites for hydroxylation is 1. The molecule has 2 heterocycles. The molecule has 3 aromatic rings. The van der Waals surface area contributed by atoms with Crippen molar-refractivity contribution < 1.29 is 9.53 Å². The van der Waals surface area contributed by atoms with E-state index in [0.29, 0.717) is 15.9 Å². The number of azide groups is 1. The van der Waals surface area contributed by atoms with Crippen LogP contribution in [0.3, 0.4) is 0 Å². The highest BCUT2D eigenvalue weighted by atomic mass is 35.5. The molecule has 1 unspecified atom stereocenters. The van der Waals surface area contributed by atoms with Gasteiger partial charge in [-0.05, 0) is 62.3 Å². The number of rotatable bonds is 5. The zero-order chi connectivity index (χ0) is 22.4. The summed E-state index contributed by atoms with van der Waals surface area (Å²) in [6.07, 6.45) is 6.33. The molecule has 2 aliphatic rings. The van der Waals surface area contributed by atoms with E-state index in [4.69, 9.17) is 21.9 Å². The molecule has 1 saturated carbocycles. The van der Waals surface area contributed by atoms with E-state index in [1.807, 2.05) is 10.6 Å². The lowest BCUT2D eigenvalue weighted by molar-refractivity contribution is 0.0524. The van der Waals surface area contributed by atoms with Crippen molar-refractivity contribution in [2.75, 3.05) is 6.61 Å². The standard InChI is InChI=1S/C23H21ClN4O3S/c1-2-31-23(30)16-11-28(13-6-7-13)20-15(21(16)29)9-8-14(19(20)24)18-10-12-4-3-5-17(26-27-25)22(12)32-18/h8-11,13,17H,2-7H2,1H3. The minimum atomic E-state index is -0.607. The molecule has 9 heteroatoms. The number of carbonyl (C=O) groups is 1. The van der Waals surface area contributed by atoms with Gasteiger partial charge in [-0.15, -0.1) is 11.3 Å². The van der Waals surface area contributed by atoms with Gasteiger partial charge in [0.25, 0.3) is 0 Å². The maximum atomic E-state index is 13.1. The summed E-state index contributed by atoms with van der Waals surface area (Å²) in [6, 6.07) is 5.80. The van der Waals surface area contributed by atoms with Crippen LogP contribution in [0.2, 0.25) is 5.02 Å². The fourth-order valence-electron chi connectivity index (χ4n) is 4.44. The molecular formula is C23H21ClN4O3S. The lowest BCUT2D eigenvalue weighted by atomic mass is 9.95. The van der Waals surface area contributed by atoms with Crippen LogP contribution in [0.4, 0.5) is 0 Å². The lowest BCUT2D eigenvalue weighted by Crippen LogP contribution is -2.21. The summed E-state index contributed by atoms with van der Waals surface area (Å²) in [4.78, 5) is 30.6. The van der Waals surface area contributed by atoms with E-state index in [1.54, 1.807) is 30.5 Å². The van der Waals surface area contributed by atoms with Crippen LogP contribution in [0.1, 0.15) is 65.5 Å². The third-order valence-electron chi connectivity index (χ3n) is 6.09. The second-order valence-electron chi connectivity index (χ2n) is 8.17. The second kappa shape index (κ2) is 8.28. The molecule has 1 atom stereocenters. The van der Waals surface area contributed by atoms with Gasteiger partial charge >= 0.3 is 5.97 Å². The summed E-state index contributed by atoms with van der Waals surface area (Å²) in [5.41, 5.74) is 11.3. The fraction of sp³-hybridized carbons (Fsp3) is 0.391. The highest BCUT2D eigenvalue weighted by Gasteiger charge is 2.29. The van der Waals surface area contributed by atoms with Crippen LogP contribution in [0, 0.1) is 0 Å². The number of nitrogens with zero attached hydrogens (tertiary/aromatic N) is 4. The van der Waals surface area contributed by atoms with E-state index in [0.717, 1.165) is 47.4 Å². The van der Waals surface area contributed by atoms with Gasteiger partial charge in [-0.1, -0.05) is 22.8 Å². The van der Waals surface area contributed by atoms with Crippen molar-refractivity contribution in [3.63, 3.8) is 0 Å². The molecule has 0 N–H and O–H groups in total. The Kier molecular flexibility index (Phi) is 5.45. The molecule has 2 aliphatic carbocycles. The fourth-order valence-corrected chi connectivity index (χ4v) is 6.17. The van der Waals surface area contributed by atoms with E-state index in [-0.39, 0.29) is 29.7 Å². The maximum Gasteiger partial charge on any atom is 0.343 e. The molecule has 0 spiro atoms. The summed E-state index contributed by atoms with van der Waals surface area (Å²) in [5.74, 6) is -0.607. The predicted octanol–water partition coefficient (Wildman–Crippen LogP) is 6.58. The van der Waals surface area contributed by atoms with Crippen molar-refractivity contribution in [1.82, 2.24) is 4.57 Å². The molecule has 32 heavy (non-hydrogen) atoms. The average Bonchev–Trinajstić information content (AvgIpc) is 3.53. The predicted molar refractivity (Wildman–Crippen MR) is 126 cm³/mol. The van der Waals surface area contributed by atoms with Gasteiger partial charge in [0, 0.05) is 37.9 Å². The Morgan fingerprint density at radius 1 is 1.38 bits per heavy atom. The number of carbonyl (C=O) groups excluding carboxylic acids is 1. The maximum absolute atomic E-state index is 13.1. The number of hydrogen-bond donors (Lipinski definition) is 0. The Balaban J connectivity index is 1.69. The Morgan fingerprint density at radius 3 is 2.91 bits per heavy atom. The van der Waals surface area contributed by atoms with Crippen LogP contribution in [-0.4, -0.2) is 17.1 Å². The number of benzene rings is 1. The molecule has 0 radical (unpaired) electrons. The van der Waals surface area contributed by atoms with Crippen LogP contribution in [0.15, 0.2) is 34.3 Å². The van der Waals surface area contributed by atoms with E-state index in [9.17, 15) is 9.59 Å². The van der Waals surface area contributed by atoms with Crippen molar-refractivity contribution in [2.24, 2.45) is 5.11 Å². The highest BCUT2D eigenvalue weighted by molar-refractivity contribution is 7.15. The zero-order valence-corrected chi connectivity index (χ0v) is 19.1. The topological polar surface area (TPSA) is 97.1 Å². The molecule has 0 bridgehead atoms. The van der Waals surface area contributed by atoms with Crippen molar-refractivity contribution in [3.8, 4) is 10.4 Å². The number of esters is 1. The summed E-state index contributed by atoms with van der Waals surface area (Å²) in [6.45, 7) is 1.92. The number of ether oxygens (including phenoxy) is 1. The summed E-state index contributed by atoms with van der Waals surface area (Å²) < 4.78 is 7.06. The van der Waals surface area contributed by atoms with Crippen LogP contribution in [-0.2, 0) is 11.2 Å². The van der Waals surface area contributed by atoms with Gasteiger partial charge in [0.2, 0.25) is 5.43 Å². The quantitative estimate of drug-likeness (QED) is 0.183. The highest BCUT2D eigenvalue weighted by Crippen LogP contribution is 2.46. The molecule has 2 aromatic heterocycles. The Hall–Kier alpha value is -2.80. The van der Waals surface area contributed by atoms with E-state index < -0.39 is 5.97 Å². The molecule has 5 rings (SSSR count). The van der Waals surface area contributed by atoms with E-state index in [2.05, 4.69) is 16.1 Å². The van der Waals surface area contributed by atoms with Crippen LogP contribution in [0.25, 0.3) is 31.8 Å². The summed E-state index contributed by atoms with van der Waals surface area (Å²) >= 11 is 8.53. The number of pyridine rings is 1. The number of halogens is 1. The Bertz CT molecular complexity index is 1350. The number of fused-ring (bicyclic) bond motifs is 2. The first-order valence-corrected chi connectivity index (χ1v) is 11.9. The SMILES string of the molecule is CCOC(=O)c1cn(C2CC2)c2c(Cl)c(-c3cc4c(s3)C(N=[N+]=[N-])CCC4)ccc2c1=O. The first-order chi connectivity index (χ1) is 15.5. The Morgan fingerprint density at radius 2 is 2.19 bits per heavy atom. The minimum Gasteiger partial charge on any atom is -0.462 e. The van der Waals surface area contributed by atoms with Crippen molar-refractivity contribution >= 4 is 39.8 Å². The molecular weight excluding hydrogens is 448 g/mol. The molecule has 164 valence electrons. The van der Waals surface area contributed by atoms with Gasteiger partial charge in [0.15, 0.2) is 0 Å². The van der Waals surface area contributed by atoms with Gasteiger partial charge in [-0.25, -0.2) is 4.79 Å². The molecule has 0 aliphatic heterocycles. The smallest absolute Gasteiger partial charge is 0.343 e. The van der Waals surface area contributed by atoms with Gasteiger partial charge in [0.1, 0.15) is 5.56 Å². The summed E-state index contributed by atoms with van der Waals surface area (Å²) in [5, 5.41) is 4.89. The second-order valence-corrected chi connectivity index (χ2v) is 9.63. The van der Waals surface area contributed by atoms with E-state index in [1.165, 1.54) is 5.56 Å². The zero-order valence-electron chi connectivity index (χ0n) is 17.5. The normalized spacial score (nSPS) is 17.6. The molecule has 1 aromatic carbocycles. The van der Waals surface area contributed by atoms with Crippen LogP contribution in [0.5, 0.6) is 0 Å². The van der Waals surface area contributed by atoms with Crippen LogP contribution >= 0.6 is 22.9 Å². The largest absolute Gasteiger partial charge is 0.462 e. The average molecular weight is 469 g/mol. The van der Waals surface area contributed by atoms with Crippen LogP contribution < -0.4 is 5.43 Å². The number of thiophene rings is 1. The molecule has 0 amide bonds. The third kappa shape index (κ3) is 3.48. The monoisotopic (exact) mass is 468 g/mol. The third-order valence-corrected chi connectivity index (χ3v) is 7.79. The minimum absolute atomic E-state index is 0.0406. The van der Waals surface area contributed by atoms with Gasteiger partial charge in [0.05, 0.1) is 23.2 Å². The van der Waals surface area contributed by atoms with Gasteiger partial charge in [-0.2, -0.15) is 0 Å². The summed E-state index contributed by atoms with van der Waals surface area (Å²) in [7, 11) is 0. The van der Waals surface area contributed by atoms with Crippen molar-refractivity contribution in [1.29, 1.82) is 0 Å². The number of aromatic nitrogens is 1. The van der Waals surface area contributed by atoms with Crippen molar-refractivity contribution in [2.45, 2.75) is 51.1 Å². The van der Waals surface area contributed by atoms with E-state index >= 15 is 0 Å². The first-order valence-electron chi connectivity index (χ1n) is 10.7. The Labute approximate surface area is 193 Å². The first kappa shape index (κ1) is 21.1.